The zero-order valence-corrected chi connectivity index (χ0v) is 8.51. The predicted octanol–water partition coefficient (Wildman–Crippen LogP) is 0.618. The highest BCUT2D eigenvalue weighted by Crippen LogP contribution is 2.06. The third-order valence-corrected chi connectivity index (χ3v) is 1.80. The van der Waals surface area contributed by atoms with Crippen molar-refractivity contribution < 1.29 is 14.7 Å². The number of carboxylic acids is 1. The summed E-state index contributed by atoms with van der Waals surface area (Å²) in [6.45, 7) is 3.39. The fraction of sp³-hybridized carbons (Fsp3) is 0.200. The molecule has 16 heavy (non-hydrogen) atoms. The van der Waals surface area contributed by atoms with Gasteiger partial charge < -0.3 is 10.4 Å². The third kappa shape index (κ3) is 3.49. The number of amides is 1. The van der Waals surface area contributed by atoms with Crippen LogP contribution < -0.4 is 5.32 Å². The minimum absolute atomic E-state index is 0.0929. The number of carboxylic acid groups (broad SMARTS) is 1. The number of rotatable bonds is 5. The molecular formula is C10H11N3O3. The van der Waals surface area contributed by atoms with E-state index < -0.39 is 5.97 Å². The van der Waals surface area contributed by atoms with E-state index in [1.54, 1.807) is 12.1 Å². The van der Waals surface area contributed by atoms with Crippen molar-refractivity contribution in [2.75, 3.05) is 6.54 Å². The predicted molar refractivity (Wildman–Crippen MR) is 58.0 cm³/mol. The molecule has 1 rings (SSSR count). The molecule has 0 aliphatic rings. The average molecular weight is 221 g/mol. The molecule has 0 atom stereocenters. The lowest BCUT2D eigenvalue weighted by atomic mass is 10.2. The van der Waals surface area contributed by atoms with Crippen molar-refractivity contribution >= 4 is 24.4 Å². The van der Waals surface area contributed by atoms with Crippen molar-refractivity contribution in [2.45, 2.75) is 6.42 Å². The second-order valence-corrected chi connectivity index (χ2v) is 2.96. The summed E-state index contributed by atoms with van der Waals surface area (Å²) in [7, 11) is 0. The Kier molecular flexibility index (Phi) is 4.14. The summed E-state index contributed by atoms with van der Waals surface area (Å²) in [4.78, 5) is 29.1. The van der Waals surface area contributed by atoms with E-state index in [9.17, 15) is 9.59 Å². The van der Waals surface area contributed by atoms with Crippen LogP contribution in [0.3, 0.4) is 0 Å². The van der Waals surface area contributed by atoms with Crippen LogP contribution in [0.5, 0.6) is 0 Å². The van der Waals surface area contributed by atoms with Crippen LogP contribution in [0, 0.1) is 0 Å². The SMILES string of the molecule is C=Nc1ccc(C(=O)NCCC(=O)O)cn1. The molecule has 0 unspecified atom stereocenters. The highest BCUT2D eigenvalue weighted by atomic mass is 16.4. The van der Waals surface area contributed by atoms with Gasteiger partial charge in [0.2, 0.25) is 0 Å². The molecule has 0 bridgehead atoms. The highest BCUT2D eigenvalue weighted by molar-refractivity contribution is 5.94. The number of pyridine rings is 1. The number of carbonyl (C=O) groups excluding carboxylic acids is 1. The summed E-state index contributed by atoms with van der Waals surface area (Å²) in [5.74, 6) is -0.879. The first-order chi connectivity index (χ1) is 7.63. The smallest absolute Gasteiger partial charge is 0.305 e. The maximum atomic E-state index is 11.4. The van der Waals surface area contributed by atoms with E-state index in [0.717, 1.165) is 0 Å². The van der Waals surface area contributed by atoms with E-state index in [4.69, 9.17) is 5.11 Å². The van der Waals surface area contributed by atoms with Gasteiger partial charge in [-0.2, -0.15) is 0 Å². The first-order valence-corrected chi connectivity index (χ1v) is 4.56. The quantitative estimate of drug-likeness (QED) is 0.713. The van der Waals surface area contributed by atoms with Gasteiger partial charge in [-0.05, 0) is 18.9 Å². The fourth-order valence-corrected chi connectivity index (χ4v) is 0.999. The van der Waals surface area contributed by atoms with Crippen molar-refractivity contribution in [2.24, 2.45) is 4.99 Å². The van der Waals surface area contributed by atoms with Crippen LogP contribution in [0.1, 0.15) is 16.8 Å². The van der Waals surface area contributed by atoms with Crippen molar-refractivity contribution in [1.29, 1.82) is 0 Å². The summed E-state index contributed by atoms with van der Waals surface area (Å²) in [5, 5.41) is 10.8. The molecule has 0 saturated heterocycles. The van der Waals surface area contributed by atoms with Gasteiger partial charge in [0, 0.05) is 12.7 Å². The first kappa shape index (κ1) is 11.8. The van der Waals surface area contributed by atoms with Crippen LogP contribution in [0.25, 0.3) is 0 Å². The van der Waals surface area contributed by atoms with Crippen molar-refractivity contribution in [3.63, 3.8) is 0 Å². The van der Waals surface area contributed by atoms with Crippen LogP contribution >= 0.6 is 0 Å². The van der Waals surface area contributed by atoms with Crippen LogP contribution in [0.2, 0.25) is 0 Å². The molecule has 0 aliphatic carbocycles. The van der Waals surface area contributed by atoms with E-state index in [-0.39, 0.29) is 18.9 Å². The molecule has 84 valence electrons. The minimum Gasteiger partial charge on any atom is -0.481 e. The standard InChI is InChI=1S/C10H11N3O3/c1-11-8-3-2-7(6-13-8)10(16)12-5-4-9(14)15/h2-3,6H,1,4-5H2,(H,12,16)(H,14,15). The Morgan fingerprint density at radius 1 is 1.50 bits per heavy atom. The third-order valence-electron chi connectivity index (χ3n) is 1.80. The molecule has 0 fully saturated rings. The van der Waals surface area contributed by atoms with Crippen molar-refractivity contribution in [1.82, 2.24) is 10.3 Å². The van der Waals surface area contributed by atoms with E-state index in [2.05, 4.69) is 22.0 Å². The Bertz CT molecular complexity index is 400. The topological polar surface area (TPSA) is 91.7 Å². The van der Waals surface area contributed by atoms with Gasteiger partial charge in [0.1, 0.15) is 0 Å². The molecule has 0 aromatic carbocycles. The van der Waals surface area contributed by atoms with Crippen molar-refractivity contribution in [3.8, 4) is 0 Å². The van der Waals surface area contributed by atoms with E-state index >= 15 is 0 Å². The lowest BCUT2D eigenvalue weighted by molar-refractivity contribution is -0.136. The Morgan fingerprint density at radius 2 is 2.25 bits per heavy atom. The number of aliphatic imine (C=N–C) groups is 1. The second-order valence-electron chi connectivity index (χ2n) is 2.96. The number of carbonyl (C=O) groups is 2. The van der Waals surface area contributed by atoms with Gasteiger partial charge >= 0.3 is 5.97 Å². The van der Waals surface area contributed by atoms with Crippen LogP contribution in [0.4, 0.5) is 5.82 Å². The molecule has 1 aromatic rings. The molecule has 0 saturated carbocycles. The summed E-state index contributed by atoms with van der Waals surface area (Å²) >= 11 is 0. The zero-order valence-electron chi connectivity index (χ0n) is 8.51. The summed E-state index contributed by atoms with van der Waals surface area (Å²) in [5.41, 5.74) is 0.359. The molecular weight excluding hydrogens is 210 g/mol. The van der Waals surface area contributed by atoms with E-state index in [1.807, 2.05) is 0 Å². The van der Waals surface area contributed by atoms with Gasteiger partial charge in [0.05, 0.1) is 12.0 Å². The van der Waals surface area contributed by atoms with Gasteiger partial charge in [-0.25, -0.2) is 9.98 Å². The molecule has 2 N–H and O–H groups in total. The minimum atomic E-state index is -0.954. The molecule has 1 amide bonds. The number of nitrogens with zero attached hydrogens (tertiary/aromatic N) is 2. The Labute approximate surface area is 92.0 Å². The molecule has 0 radical (unpaired) electrons. The number of aliphatic carboxylic acids is 1. The first-order valence-electron chi connectivity index (χ1n) is 4.56. The average Bonchev–Trinajstić information content (AvgIpc) is 2.28. The van der Waals surface area contributed by atoms with Crippen molar-refractivity contribution in [3.05, 3.63) is 23.9 Å². The Balaban J connectivity index is 2.52. The Hall–Kier alpha value is -2.24. The molecule has 6 heteroatoms. The van der Waals surface area contributed by atoms with Gasteiger partial charge in [-0.3, -0.25) is 9.59 Å². The zero-order chi connectivity index (χ0) is 12.0. The molecule has 1 aromatic heterocycles. The summed E-state index contributed by atoms with van der Waals surface area (Å²) < 4.78 is 0. The maximum absolute atomic E-state index is 11.4. The van der Waals surface area contributed by atoms with Gasteiger partial charge in [-0.15, -0.1) is 0 Å². The monoisotopic (exact) mass is 221 g/mol. The van der Waals surface area contributed by atoms with Crippen LogP contribution in [-0.2, 0) is 4.79 Å². The van der Waals surface area contributed by atoms with E-state index in [1.165, 1.54) is 6.20 Å². The highest BCUT2D eigenvalue weighted by Gasteiger charge is 2.06. The molecule has 0 aliphatic heterocycles. The maximum Gasteiger partial charge on any atom is 0.305 e. The second kappa shape index (κ2) is 5.59. The largest absolute Gasteiger partial charge is 0.481 e. The van der Waals surface area contributed by atoms with E-state index in [0.29, 0.717) is 11.4 Å². The molecule has 0 spiro atoms. The summed E-state index contributed by atoms with van der Waals surface area (Å²) in [6, 6.07) is 3.10. The number of hydrogen-bond acceptors (Lipinski definition) is 4. The van der Waals surface area contributed by atoms with Gasteiger partial charge in [-0.1, -0.05) is 0 Å². The molecule has 6 nitrogen and oxygen atoms in total. The van der Waals surface area contributed by atoms with Crippen LogP contribution in [-0.4, -0.2) is 35.2 Å². The molecule has 1 heterocycles. The number of nitrogens with one attached hydrogen (secondary N) is 1. The van der Waals surface area contributed by atoms with Gasteiger partial charge in [0.15, 0.2) is 5.82 Å². The lowest BCUT2D eigenvalue weighted by Gasteiger charge is -2.02. The normalized spacial score (nSPS) is 9.50. The lowest BCUT2D eigenvalue weighted by Crippen LogP contribution is -2.25. The Morgan fingerprint density at radius 3 is 2.75 bits per heavy atom. The summed E-state index contributed by atoms with van der Waals surface area (Å²) in [6.07, 6.45) is 1.26. The van der Waals surface area contributed by atoms with Gasteiger partial charge in [0.25, 0.3) is 5.91 Å². The number of aromatic nitrogens is 1. The fourth-order valence-electron chi connectivity index (χ4n) is 0.999. The van der Waals surface area contributed by atoms with Crippen LogP contribution in [0.15, 0.2) is 23.3 Å². The number of hydrogen-bond donors (Lipinski definition) is 2.